The molecular weight excluding hydrogens is 172 g/mol. The average Bonchev–Trinajstić information content (AvgIpc) is 2.54. The van der Waals surface area contributed by atoms with Crippen molar-refractivity contribution in [3.63, 3.8) is 0 Å². The summed E-state index contributed by atoms with van der Waals surface area (Å²) in [4.78, 5) is 4.34. The van der Waals surface area contributed by atoms with E-state index in [-0.39, 0.29) is 0 Å². The first-order valence-electron chi connectivity index (χ1n) is 4.98. The summed E-state index contributed by atoms with van der Waals surface area (Å²) >= 11 is 0. The second-order valence-electron chi connectivity index (χ2n) is 3.84. The normalized spacial score (nSPS) is 31.2. The van der Waals surface area contributed by atoms with Crippen LogP contribution in [0.3, 0.4) is 0 Å². The van der Waals surface area contributed by atoms with Gasteiger partial charge in [0.05, 0.1) is 6.54 Å². The molecule has 2 nitrogen and oxygen atoms in total. The van der Waals surface area contributed by atoms with Crippen molar-refractivity contribution >= 4 is 6.21 Å². The van der Waals surface area contributed by atoms with E-state index in [1.807, 2.05) is 6.21 Å². The molecule has 0 spiro atoms. The van der Waals surface area contributed by atoms with Crippen molar-refractivity contribution < 1.29 is 0 Å². The first kappa shape index (κ1) is 9.25. The summed E-state index contributed by atoms with van der Waals surface area (Å²) in [5.74, 6) is 1.46. The predicted octanol–water partition coefficient (Wildman–Crippen LogP) is 2.22. The van der Waals surface area contributed by atoms with E-state index < -0.39 is 0 Å². The van der Waals surface area contributed by atoms with Gasteiger partial charge in [-0.2, -0.15) is 0 Å². The molecule has 73 valence electrons. The quantitative estimate of drug-likeness (QED) is 0.618. The number of nitrogens with zero attached hydrogens (tertiary/aromatic N) is 1. The van der Waals surface area contributed by atoms with Gasteiger partial charge in [0.2, 0.25) is 0 Å². The van der Waals surface area contributed by atoms with E-state index in [1.54, 1.807) is 0 Å². The predicted molar refractivity (Wildman–Crippen MR) is 58.9 cm³/mol. The summed E-state index contributed by atoms with van der Waals surface area (Å²) < 4.78 is 0. The Morgan fingerprint density at radius 3 is 2.86 bits per heavy atom. The van der Waals surface area contributed by atoms with Crippen molar-refractivity contribution in [2.24, 2.45) is 10.9 Å². The molecule has 0 fully saturated rings. The van der Waals surface area contributed by atoms with Gasteiger partial charge in [0.25, 0.3) is 0 Å². The van der Waals surface area contributed by atoms with Crippen molar-refractivity contribution in [3.8, 4) is 0 Å². The molecule has 1 N–H and O–H groups in total. The Balaban J connectivity index is 2.42. The Morgan fingerprint density at radius 1 is 1.50 bits per heavy atom. The van der Waals surface area contributed by atoms with Crippen molar-refractivity contribution in [3.05, 3.63) is 34.7 Å². The van der Waals surface area contributed by atoms with Crippen LogP contribution in [-0.4, -0.2) is 12.8 Å². The number of nitrogens with one attached hydrogen (secondary N) is 1. The molecule has 0 amide bonds. The van der Waals surface area contributed by atoms with Crippen LogP contribution in [0, 0.1) is 12.0 Å². The van der Waals surface area contributed by atoms with E-state index in [2.05, 4.69) is 43.2 Å². The highest BCUT2D eigenvalue weighted by atomic mass is 15.1. The molecule has 1 aliphatic heterocycles. The zero-order chi connectivity index (χ0) is 10.1. The Kier molecular flexibility index (Phi) is 2.28. The summed E-state index contributed by atoms with van der Waals surface area (Å²) in [5.41, 5.74) is 3.71. The highest BCUT2D eigenvalue weighted by Crippen LogP contribution is 2.30. The maximum atomic E-state index is 4.34. The third-order valence-corrected chi connectivity index (χ3v) is 2.58. The fourth-order valence-corrected chi connectivity index (χ4v) is 2.09. The van der Waals surface area contributed by atoms with Crippen LogP contribution < -0.4 is 5.32 Å². The number of rotatable bonds is 0. The Morgan fingerprint density at radius 2 is 2.29 bits per heavy atom. The lowest BCUT2D eigenvalue weighted by Crippen LogP contribution is -2.14. The minimum absolute atomic E-state index is 0.439. The van der Waals surface area contributed by atoms with Crippen LogP contribution in [0.5, 0.6) is 0 Å². The molecule has 1 aliphatic carbocycles. The van der Waals surface area contributed by atoms with Crippen molar-refractivity contribution in [2.75, 3.05) is 6.54 Å². The molecule has 2 aliphatic rings. The maximum Gasteiger partial charge on any atom is 0.129 e. The first-order valence-corrected chi connectivity index (χ1v) is 4.98. The smallest absolute Gasteiger partial charge is 0.129 e. The molecular formula is C12H15N2. The summed E-state index contributed by atoms with van der Waals surface area (Å²) in [6.45, 7) is 7.24. The highest BCUT2D eigenvalue weighted by molar-refractivity contribution is 5.66. The minimum Gasteiger partial charge on any atom is -0.365 e. The van der Waals surface area contributed by atoms with Gasteiger partial charge < -0.3 is 5.32 Å². The fraction of sp³-hybridized carbons (Fsp3) is 0.417. The zero-order valence-electron chi connectivity index (χ0n) is 8.89. The zero-order valence-corrected chi connectivity index (χ0v) is 8.89. The van der Waals surface area contributed by atoms with E-state index >= 15 is 0 Å². The van der Waals surface area contributed by atoms with Crippen LogP contribution in [0.15, 0.2) is 33.6 Å². The van der Waals surface area contributed by atoms with E-state index in [4.69, 9.17) is 0 Å². The lowest BCUT2D eigenvalue weighted by Gasteiger charge is -2.20. The monoisotopic (exact) mass is 187 g/mol. The van der Waals surface area contributed by atoms with Crippen LogP contribution in [0.1, 0.15) is 20.8 Å². The lowest BCUT2D eigenvalue weighted by molar-refractivity contribution is 0.797. The van der Waals surface area contributed by atoms with Gasteiger partial charge in [-0.05, 0) is 31.1 Å². The molecule has 1 unspecified atom stereocenters. The molecule has 0 bridgehead atoms. The molecule has 0 saturated carbocycles. The highest BCUT2D eigenvalue weighted by Gasteiger charge is 2.19. The number of hydrogen-bond acceptors (Lipinski definition) is 2. The molecule has 14 heavy (non-hydrogen) atoms. The van der Waals surface area contributed by atoms with Gasteiger partial charge in [-0.3, -0.25) is 0 Å². The number of aliphatic imine (C=N–C) groups is 1. The summed E-state index contributed by atoms with van der Waals surface area (Å²) in [6.07, 6.45) is 7.48. The van der Waals surface area contributed by atoms with Crippen LogP contribution in [0.2, 0.25) is 0 Å². The molecule has 0 aromatic carbocycles. The third kappa shape index (κ3) is 1.52. The van der Waals surface area contributed by atoms with Gasteiger partial charge in [-0.15, -0.1) is 0 Å². The third-order valence-electron chi connectivity index (χ3n) is 2.58. The average molecular weight is 187 g/mol. The van der Waals surface area contributed by atoms with Gasteiger partial charge in [-0.25, -0.2) is 4.99 Å². The number of allylic oxidation sites excluding steroid dienone is 5. The molecule has 2 heteroatoms. The molecule has 1 atom stereocenters. The van der Waals surface area contributed by atoms with Gasteiger partial charge >= 0.3 is 0 Å². The van der Waals surface area contributed by atoms with E-state index in [0.717, 1.165) is 12.4 Å². The molecule has 0 saturated heterocycles. The van der Waals surface area contributed by atoms with Crippen molar-refractivity contribution in [1.29, 1.82) is 0 Å². The second kappa shape index (κ2) is 3.45. The Hall–Kier alpha value is -1.31. The van der Waals surface area contributed by atoms with Crippen molar-refractivity contribution in [1.82, 2.24) is 5.32 Å². The van der Waals surface area contributed by atoms with Gasteiger partial charge in [-0.1, -0.05) is 13.0 Å². The first-order chi connectivity index (χ1) is 6.68. The Bertz CT molecular complexity index is 370. The van der Waals surface area contributed by atoms with Crippen LogP contribution in [-0.2, 0) is 0 Å². The van der Waals surface area contributed by atoms with Gasteiger partial charge in [0.1, 0.15) is 5.82 Å². The minimum atomic E-state index is 0.439. The summed E-state index contributed by atoms with van der Waals surface area (Å²) in [6, 6.07) is 0. The lowest BCUT2D eigenvalue weighted by atomic mass is 9.87. The van der Waals surface area contributed by atoms with Crippen LogP contribution in [0.25, 0.3) is 0 Å². The van der Waals surface area contributed by atoms with Gasteiger partial charge in [0, 0.05) is 17.7 Å². The number of hydrogen-bond donors (Lipinski definition) is 1. The van der Waals surface area contributed by atoms with Crippen LogP contribution >= 0.6 is 0 Å². The Labute approximate surface area is 85.1 Å². The van der Waals surface area contributed by atoms with Gasteiger partial charge in [0.15, 0.2) is 0 Å². The van der Waals surface area contributed by atoms with Crippen molar-refractivity contribution in [2.45, 2.75) is 20.8 Å². The van der Waals surface area contributed by atoms with E-state index in [9.17, 15) is 0 Å². The maximum absolute atomic E-state index is 4.34. The molecule has 1 radical (unpaired) electrons. The largest absolute Gasteiger partial charge is 0.365 e. The molecule has 0 aromatic heterocycles. The molecule has 2 rings (SSSR count). The van der Waals surface area contributed by atoms with Crippen LogP contribution in [0.4, 0.5) is 0 Å². The summed E-state index contributed by atoms with van der Waals surface area (Å²) in [7, 11) is 0. The molecule has 1 heterocycles. The van der Waals surface area contributed by atoms with E-state index in [1.165, 1.54) is 16.7 Å². The second-order valence-corrected chi connectivity index (χ2v) is 3.84. The fourth-order valence-electron chi connectivity index (χ4n) is 2.09. The van der Waals surface area contributed by atoms with E-state index in [0.29, 0.717) is 5.92 Å². The molecule has 0 aromatic rings. The topological polar surface area (TPSA) is 24.4 Å². The SMILES string of the molecule is CC1=[C]C(C)=CC(C)C1=C1N=CCN1. The summed E-state index contributed by atoms with van der Waals surface area (Å²) in [5, 5.41) is 3.27. The standard InChI is InChI=1S/C12H15N2/c1-8-6-9(2)11(10(3)7-8)12-13-4-5-14-12/h4,6,9,14H,5H2,1-3H3.